The molecule has 27 heavy (non-hydrogen) atoms. The SMILES string of the molecule is COc1cc(I)c(/C=C2\SC(=Nc3ccc(C)c(Cl)c3)NC2=O)cc1OC. The van der Waals surface area contributed by atoms with E-state index in [-0.39, 0.29) is 5.91 Å². The number of rotatable bonds is 4. The Morgan fingerprint density at radius 2 is 1.89 bits per heavy atom. The highest BCUT2D eigenvalue weighted by Crippen LogP contribution is 2.35. The van der Waals surface area contributed by atoms with Crippen LogP contribution in [0.5, 0.6) is 11.5 Å². The van der Waals surface area contributed by atoms with Crippen LogP contribution in [0.15, 0.2) is 40.2 Å². The second-order valence-corrected chi connectivity index (χ2v) is 8.24. The van der Waals surface area contributed by atoms with Crippen LogP contribution in [0.25, 0.3) is 6.08 Å². The number of ether oxygens (including phenoxy) is 2. The lowest BCUT2D eigenvalue weighted by Crippen LogP contribution is -2.19. The van der Waals surface area contributed by atoms with Crippen molar-refractivity contribution in [1.82, 2.24) is 5.32 Å². The van der Waals surface area contributed by atoms with Gasteiger partial charge in [-0.25, -0.2) is 4.99 Å². The second kappa shape index (κ2) is 8.53. The van der Waals surface area contributed by atoms with Crippen molar-refractivity contribution >= 4 is 68.8 Å². The summed E-state index contributed by atoms with van der Waals surface area (Å²) >= 11 is 9.62. The molecule has 0 unspecified atom stereocenters. The molecule has 0 radical (unpaired) electrons. The number of hydrogen-bond acceptors (Lipinski definition) is 5. The largest absolute Gasteiger partial charge is 0.493 e. The maximum Gasteiger partial charge on any atom is 0.264 e. The van der Waals surface area contributed by atoms with Crippen molar-refractivity contribution in [3.8, 4) is 11.5 Å². The molecule has 2 aromatic carbocycles. The summed E-state index contributed by atoms with van der Waals surface area (Å²) in [6.45, 7) is 1.93. The van der Waals surface area contributed by atoms with Gasteiger partial charge in [-0.1, -0.05) is 17.7 Å². The van der Waals surface area contributed by atoms with Gasteiger partial charge in [0.05, 0.1) is 24.8 Å². The van der Waals surface area contributed by atoms with Gasteiger partial charge in [-0.3, -0.25) is 4.79 Å². The average Bonchev–Trinajstić information content (AvgIpc) is 2.98. The summed E-state index contributed by atoms with van der Waals surface area (Å²) in [6.07, 6.45) is 1.81. The molecule has 1 aliphatic heterocycles. The standard InChI is InChI=1S/C19H16ClIN2O3S/c1-10-4-5-12(8-13(10)20)22-19-23-18(24)17(27-19)7-11-6-15(25-2)16(26-3)9-14(11)21/h4-9H,1-3H3,(H,22,23,24)/b17-7-. The van der Waals surface area contributed by atoms with Gasteiger partial charge >= 0.3 is 0 Å². The van der Waals surface area contributed by atoms with Gasteiger partial charge in [-0.05, 0) is 82.7 Å². The van der Waals surface area contributed by atoms with Crippen LogP contribution >= 0.6 is 46.0 Å². The van der Waals surface area contributed by atoms with Crippen LogP contribution in [0, 0.1) is 10.5 Å². The molecule has 0 spiro atoms. The van der Waals surface area contributed by atoms with E-state index >= 15 is 0 Å². The van der Waals surface area contributed by atoms with Gasteiger partial charge in [0.15, 0.2) is 16.7 Å². The van der Waals surface area contributed by atoms with E-state index in [4.69, 9.17) is 21.1 Å². The molecule has 1 heterocycles. The lowest BCUT2D eigenvalue weighted by atomic mass is 10.2. The first-order valence-electron chi connectivity index (χ1n) is 7.88. The summed E-state index contributed by atoms with van der Waals surface area (Å²) in [7, 11) is 3.17. The summed E-state index contributed by atoms with van der Waals surface area (Å²) in [4.78, 5) is 17.3. The first-order chi connectivity index (χ1) is 12.9. The summed E-state index contributed by atoms with van der Waals surface area (Å²) < 4.78 is 11.6. The molecule has 0 bridgehead atoms. The number of amidine groups is 1. The lowest BCUT2D eigenvalue weighted by Gasteiger charge is -2.10. The fourth-order valence-electron chi connectivity index (χ4n) is 2.37. The number of hydrogen-bond donors (Lipinski definition) is 1. The van der Waals surface area contributed by atoms with E-state index < -0.39 is 0 Å². The lowest BCUT2D eigenvalue weighted by molar-refractivity contribution is -0.115. The number of methoxy groups -OCH3 is 2. The van der Waals surface area contributed by atoms with Crippen LogP contribution in [-0.2, 0) is 4.79 Å². The summed E-state index contributed by atoms with van der Waals surface area (Å²) in [6, 6.07) is 9.24. The van der Waals surface area contributed by atoms with Crippen LogP contribution in [0.4, 0.5) is 5.69 Å². The zero-order chi connectivity index (χ0) is 19.6. The Morgan fingerprint density at radius 1 is 1.19 bits per heavy atom. The third kappa shape index (κ3) is 4.59. The molecular weight excluding hydrogens is 499 g/mol. The van der Waals surface area contributed by atoms with E-state index in [2.05, 4.69) is 32.9 Å². The number of benzene rings is 2. The van der Waals surface area contributed by atoms with Crippen molar-refractivity contribution in [3.63, 3.8) is 0 Å². The minimum atomic E-state index is -0.192. The molecule has 0 aromatic heterocycles. The number of halogens is 2. The number of aryl methyl sites for hydroxylation is 1. The summed E-state index contributed by atoms with van der Waals surface area (Å²) in [5.74, 6) is 1.06. The van der Waals surface area contributed by atoms with E-state index in [9.17, 15) is 4.79 Å². The molecule has 0 atom stereocenters. The van der Waals surface area contributed by atoms with Crippen LogP contribution in [0.1, 0.15) is 11.1 Å². The Hall–Kier alpha value is -1.71. The number of thioether (sulfide) groups is 1. The smallest absolute Gasteiger partial charge is 0.264 e. The summed E-state index contributed by atoms with van der Waals surface area (Å²) in [5.41, 5.74) is 2.54. The third-order valence-electron chi connectivity index (χ3n) is 3.83. The minimum absolute atomic E-state index is 0.192. The van der Waals surface area contributed by atoms with Gasteiger partial charge < -0.3 is 14.8 Å². The quantitative estimate of drug-likeness (QED) is 0.452. The van der Waals surface area contributed by atoms with Crippen LogP contribution < -0.4 is 14.8 Å². The Labute approximate surface area is 180 Å². The Morgan fingerprint density at radius 3 is 2.56 bits per heavy atom. The van der Waals surface area contributed by atoms with Crippen molar-refractivity contribution in [3.05, 3.63) is 55.0 Å². The Kier molecular flexibility index (Phi) is 6.33. The third-order valence-corrected chi connectivity index (χ3v) is 6.08. The molecule has 8 heteroatoms. The monoisotopic (exact) mass is 514 g/mol. The molecule has 0 aliphatic carbocycles. The number of aliphatic imine (C=N–C) groups is 1. The van der Waals surface area contributed by atoms with Gasteiger partial charge in [0.1, 0.15) is 0 Å². The molecule has 140 valence electrons. The number of carbonyl (C=O) groups is 1. The van der Waals surface area contributed by atoms with E-state index in [1.807, 2.05) is 37.3 Å². The second-order valence-electron chi connectivity index (χ2n) is 5.64. The van der Waals surface area contributed by atoms with Crippen molar-refractivity contribution in [2.24, 2.45) is 4.99 Å². The first kappa shape index (κ1) is 20.0. The molecular formula is C19H16ClIN2O3S. The minimum Gasteiger partial charge on any atom is -0.493 e. The van der Waals surface area contributed by atoms with Gasteiger partial charge in [-0.2, -0.15) is 0 Å². The molecule has 1 amide bonds. The predicted molar refractivity (Wildman–Crippen MR) is 119 cm³/mol. The predicted octanol–water partition coefficient (Wildman–Crippen LogP) is 5.16. The fraction of sp³-hybridized carbons (Fsp3) is 0.158. The van der Waals surface area contributed by atoms with Gasteiger partial charge in [0.2, 0.25) is 0 Å². The summed E-state index contributed by atoms with van der Waals surface area (Å²) in [5, 5.41) is 3.94. The number of nitrogens with one attached hydrogen (secondary N) is 1. The van der Waals surface area contributed by atoms with E-state index in [0.717, 1.165) is 14.7 Å². The zero-order valence-corrected chi connectivity index (χ0v) is 18.5. The maximum absolute atomic E-state index is 12.3. The normalized spacial score (nSPS) is 16.7. The van der Waals surface area contributed by atoms with Gasteiger partial charge in [-0.15, -0.1) is 0 Å². The van der Waals surface area contributed by atoms with E-state index in [0.29, 0.717) is 32.3 Å². The highest BCUT2D eigenvalue weighted by Gasteiger charge is 2.24. The fourth-order valence-corrected chi connectivity index (χ4v) is 3.97. The highest BCUT2D eigenvalue weighted by atomic mass is 127. The molecule has 0 saturated carbocycles. The Balaban J connectivity index is 1.89. The number of amides is 1. The topological polar surface area (TPSA) is 59.9 Å². The molecule has 1 aliphatic rings. The van der Waals surface area contributed by atoms with Crippen LogP contribution in [-0.4, -0.2) is 25.3 Å². The number of nitrogens with zero attached hydrogens (tertiary/aromatic N) is 1. The van der Waals surface area contributed by atoms with Gasteiger partial charge in [0, 0.05) is 8.59 Å². The maximum atomic E-state index is 12.3. The van der Waals surface area contributed by atoms with Crippen LogP contribution in [0.3, 0.4) is 0 Å². The van der Waals surface area contributed by atoms with Crippen molar-refractivity contribution in [1.29, 1.82) is 0 Å². The molecule has 3 rings (SSSR count). The molecule has 1 fully saturated rings. The molecule has 1 saturated heterocycles. The Bertz CT molecular complexity index is 976. The average molecular weight is 515 g/mol. The van der Waals surface area contributed by atoms with Gasteiger partial charge in [0.25, 0.3) is 5.91 Å². The van der Waals surface area contributed by atoms with Crippen molar-refractivity contribution < 1.29 is 14.3 Å². The molecule has 2 aromatic rings. The zero-order valence-electron chi connectivity index (χ0n) is 14.8. The van der Waals surface area contributed by atoms with E-state index in [1.165, 1.54) is 11.8 Å². The highest BCUT2D eigenvalue weighted by molar-refractivity contribution is 14.1. The van der Waals surface area contributed by atoms with Crippen molar-refractivity contribution in [2.45, 2.75) is 6.92 Å². The van der Waals surface area contributed by atoms with Crippen molar-refractivity contribution in [2.75, 3.05) is 14.2 Å². The first-order valence-corrected chi connectivity index (χ1v) is 10.2. The molecule has 1 N–H and O–H groups in total. The molecule has 5 nitrogen and oxygen atoms in total. The number of carbonyl (C=O) groups excluding carboxylic acids is 1. The van der Waals surface area contributed by atoms with Crippen LogP contribution in [0.2, 0.25) is 5.02 Å². The van der Waals surface area contributed by atoms with E-state index in [1.54, 1.807) is 20.3 Å².